The molecule has 1 aromatic rings. The van der Waals surface area contributed by atoms with Gasteiger partial charge in [0.05, 0.1) is 22.1 Å². The number of thiazole rings is 1. The maximum atomic E-state index is 11.3. The third kappa shape index (κ3) is 2.29. The summed E-state index contributed by atoms with van der Waals surface area (Å²) >= 11 is 9.54. The zero-order chi connectivity index (χ0) is 11.1. The van der Waals surface area contributed by atoms with Crippen molar-refractivity contribution in [2.24, 2.45) is 0 Å². The van der Waals surface area contributed by atoms with Crippen molar-refractivity contribution in [3.05, 3.63) is 13.0 Å². The fourth-order valence-electron chi connectivity index (χ4n) is 1.60. The Morgan fingerprint density at radius 2 is 2.40 bits per heavy atom. The third-order valence-corrected chi connectivity index (χ3v) is 4.75. The number of halogens is 2. The van der Waals surface area contributed by atoms with Crippen LogP contribution in [0.15, 0.2) is 0 Å². The normalized spacial score (nSPS) is 17.5. The van der Waals surface area contributed by atoms with Crippen LogP contribution in [0.4, 0.5) is 0 Å². The topological polar surface area (TPSA) is 39.2 Å². The van der Waals surface area contributed by atoms with Crippen LogP contribution in [0.3, 0.4) is 0 Å². The van der Waals surface area contributed by atoms with Crippen LogP contribution in [0.2, 0.25) is 4.47 Å². The molecule has 1 aromatic heterocycles. The lowest BCUT2D eigenvalue weighted by molar-refractivity contribution is -0.141. The first kappa shape index (κ1) is 11.6. The van der Waals surface area contributed by atoms with Crippen LogP contribution in [0, 0.1) is 2.88 Å². The van der Waals surface area contributed by atoms with Gasteiger partial charge in [0.1, 0.15) is 0 Å². The lowest BCUT2D eigenvalue weighted by atomic mass is 9.99. The summed E-state index contributed by atoms with van der Waals surface area (Å²) < 4.78 is 6.32. The summed E-state index contributed by atoms with van der Waals surface area (Å²) in [4.78, 5) is 15.6. The number of carbonyl (C=O) groups is 1. The monoisotopic (exact) mass is 357 g/mol. The highest BCUT2D eigenvalue weighted by atomic mass is 127. The molecule has 3 nitrogen and oxygen atoms in total. The Morgan fingerprint density at radius 3 is 2.80 bits per heavy atom. The molecule has 0 bridgehead atoms. The Bertz CT molecular complexity index is 403. The van der Waals surface area contributed by atoms with Crippen molar-refractivity contribution >= 4 is 51.5 Å². The number of methoxy groups -OCH3 is 1. The van der Waals surface area contributed by atoms with Crippen LogP contribution in [0.5, 0.6) is 0 Å². The Labute approximate surface area is 110 Å². The highest BCUT2D eigenvalue weighted by molar-refractivity contribution is 14.1. The van der Waals surface area contributed by atoms with Gasteiger partial charge in [-0.05, 0) is 35.4 Å². The summed E-state index contributed by atoms with van der Waals surface area (Å²) in [7, 11) is 1.41. The van der Waals surface area contributed by atoms with Crippen LogP contribution in [-0.4, -0.2) is 18.1 Å². The van der Waals surface area contributed by atoms with Gasteiger partial charge in [0.15, 0.2) is 4.47 Å². The van der Waals surface area contributed by atoms with Gasteiger partial charge < -0.3 is 4.74 Å². The van der Waals surface area contributed by atoms with Crippen molar-refractivity contribution in [3.63, 3.8) is 0 Å². The van der Waals surface area contributed by atoms with Crippen molar-refractivity contribution in [2.75, 3.05) is 7.11 Å². The molecule has 1 saturated carbocycles. The van der Waals surface area contributed by atoms with Gasteiger partial charge in [0, 0.05) is 5.41 Å². The van der Waals surface area contributed by atoms with E-state index in [9.17, 15) is 4.79 Å². The molecule has 0 N–H and O–H groups in total. The van der Waals surface area contributed by atoms with E-state index in [0.717, 1.165) is 21.4 Å². The Kier molecular flexibility index (Phi) is 3.23. The molecule has 0 aromatic carbocycles. The van der Waals surface area contributed by atoms with Gasteiger partial charge in [-0.1, -0.05) is 22.9 Å². The maximum Gasteiger partial charge on any atom is 0.306 e. The van der Waals surface area contributed by atoms with Crippen LogP contribution in [0.1, 0.15) is 25.0 Å². The molecule has 1 aliphatic rings. The number of ether oxygens (including phenoxy) is 1. The van der Waals surface area contributed by atoms with Gasteiger partial charge in [0.25, 0.3) is 0 Å². The largest absolute Gasteiger partial charge is 0.469 e. The molecule has 2 rings (SSSR count). The lowest BCUT2D eigenvalue weighted by Gasteiger charge is -2.10. The molecule has 0 aliphatic heterocycles. The van der Waals surface area contributed by atoms with Crippen LogP contribution >= 0.6 is 45.5 Å². The number of carbonyl (C=O) groups excluding carboxylic acids is 1. The molecule has 0 radical (unpaired) electrons. The zero-order valence-corrected chi connectivity index (χ0v) is 11.8. The van der Waals surface area contributed by atoms with Gasteiger partial charge in [-0.15, -0.1) is 0 Å². The molecular weight excluding hydrogens is 349 g/mol. The maximum absolute atomic E-state index is 11.3. The second-order valence-corrected chi connectivity index (χ2v) is 7.01. The average molecular weight is 358 g/mol. The quantitative estimate of drug-likeness (QED) is 0.617. The van der Waals surface area contributed by atoms with E-state index in [1.807, 2.05) is 0 Å². The molecule has 1 fully saturated rings. The van der Waals surface area contributed by atoms with Gasteiger partial charge in [-0.25, -0.2) is 4.98 Å². The minimum atomic E-state index is -0.174. The standard InChI is InChI=1S/C9H9ClINO2S/c1-14-5(13)4-9(2-3-9)6-7(11)15-8(10)12-6/h2-4H2,1H3. The van der Waals surface area contributed by atoms with E-state index in [1.54, 1.807) is 0 Å². The average Bonchev–Trinajstić information content (AvgIpc) is 2.87. The highest BCUT2D eigenvalue weighted by Gasteiger charge is 2.49. The molecule has 0 spiro atoms. The molecular formula is C9H9ClINO2S. The fourth-order valence-corrected chi connectivity index (χ4v) is 4.27. The molecule has 1 heterocycles. The number of aromatic nitrogens is 1. The first-order chi connectivity index (χ1) is 7.07. The lowest BCUT2D eigenvalue weighted by Crippen LogP contribution is -2.16. The SMILES string of the molecule is COC(=O)CC1(c2nc(Cl)sc2I)CC1. The van der Waals surface area contributed by atoms with Crippen molar-refractivity contribution in [1.82, 2.24) is 4.98 Å². The van der Waals surface area contributed by atoms with E-state index in [-0.39, 0.29) is 11.4 Å². The van der Waals surface area contributed by atoms with Gasteiger partial charge >= 0.3 is 5.97 Å². The summed E-state index contributed by atoms with van der Waals surface area (Å²) in [5, 5.41) is 0. The van der Waals surface area contributed by atoms with Gasteiger partial charge in [0.2, 0.25) is 0 Å². The van der Waals surface area contributed by atoms with E-state index in [4.69, 9.17) is 16.3 Å². The van der Waals surface area contributed by atoms with E-state index >= 15 is 0 Å². The Hall–Kier alpha value is 0.120. The van der Waals surface area contributed by atoms with E-state index in [1.165, 1.54) is 18.4 Å². The molecule has 6 heteroatoms. The summed E-state index contributed by atoms with van der Waals surface area (Å²) in [5.41, 5.74) is 0.885. The molecule has 0 unspecified atom stereocenters. The van der Waals surface area contributed by atoms with Crippen molar-refractivity contribution in [2.45, 2.75) is 24.7 Å². The van der Waals surface area contributed by atoms with Crippen LogP contribution in [0.25, 0.3) is 0 Å². The van der Waals surface area contributed by atoms with E-state index < -0.39 is 0 Å². The number of rotatable bonds is 3. The van der Waals surface area contributed by atoms with Gasteiger partial charge in [-0.2, -0.15) is 0 Å². The molecule has 1 aliphatic carbocycles. The summed E-state index contributed by atoms with van der Waals surface area (Å²) in [6.45, 7) is 0. The van der Waals surface area contributed by atoms with Crippen molar-refractivity contribution in [3.8, 4) is 0 Å². The summed E-state index contributed by atoms with van der Waals surface area (Å²) in [6, 6.07) is 0. The fraction of sp³-hybridized carbons (Fsp3) is 0.556. The second kappa shape index (κ2) is 4.18. The number of esters is 1. The molecule has 0 amide bonds. The summed E-state index contributed by atoms with van der Waals surface area (Å²) in [5.74, 6) is -0.174. The molecule has 0 atom stereocenters. The first-order valence-electron chi connectivity index (χ1n) is 4.46. The predicted molar refractivity (Wildman–Crippen MR) is 67.4 cm³/mol. The van der Waals surface area contributed by atoms with E-state index in [2.05, 4.69) is 27.6 Å². The summed E-state index contributed by atoms with van der Waals surface area (Å²) in [6.07, 6.45) is 2.41. The van der Waals surface area contributed by atoms with Crippen molar-refractivity contribution in [1.29, 1.82) is 0 Å². The molecule has 15 heavy (non-hydrogen) atoms. The van der Waals surface area contributed by atoms with Crippen LogP contribution in [-0.2, 0) is 14.9 Å². The minimum Gasteiger partial charge on any atom is -0.469 e. The van der Waals surface area contributed by atoms with E-state index in [0.29, 0.717) is 10.9 Å². The smallest absolute Gasteiger partial charge is 0.306 e. The Balaban J connectivity index is 2.23. The van der Waals surface area contributed by atoms with Gasteiger partial charge in [-0.3, -0.25) is 4.79 Å². The number of nitrogens with zero attached hydrogens (tertiary/aromatic N) is 1. The Morgan fingerprint density at radius 1 is 1.73 bits per heavy atom. The molecule has 0 saturated heterocycles. The number of hydrogen-bond donors (Lipinski definition) is 0. The highest BCUT2D eigenvalue weighted by Crippen LogP contribution is 2.53. The predicted octanol–water partition coefficient (Wildman–Crippen LogP) is 3.00. The first-order valence-corrected chi connectivity index (χ1v) is 6.74. The second-order valence-electron chi connectivity index (χ2n) is 3.62. The minimum absolute atomic E-state index is 0.0900. The zero-order valence-electron chi connectivity index (χ0n) is 8.05. The van der Waals surface area contributed by atoms with Crippen molar-refractivity contribution < 1.29 is 9.53 Å². The molecule has 82 valence electrons. The third-order valence-electron chi connectivity index (χ3n) is 2.63. The number of hydrogen-bond acceptors (Lipinski definition) is 4. The van der Waals surface area contributed by atoms with Crippen LogP contribution < -0.4 is 0 Å².